The number of hydrogen-bond acceptors (Lipinski definition) is 2. The molecule has 1 amide bonds. The highest BCUT2D eigenvalue weighted by atomic mass is 19.4. The van der Waals surface area contributed by atoms with Crippen molar-refractivity contribution in [2.24, 2.45) is 0 Å². The smallest absolute Gasteiger partial charge is 0.419 e. The highest BCUT2D eigenvalue weighted by molar-refractivity contribution is 5.81. The summed E-state index contributed by atoms with van der Waals surface area (Å²) >= 11 is 0. The SMILES string of the molecule is C[C@@H](Cc1cc2cc(F)c(C(F)(F)F)cc2[nH]1)NC(=O)OC(C)(C)C. The molecule has 8 heteroatoms. The number of nitrogens with one attached hydrogen (secondary N) is 2. The van der Waals surface area contributed by atoms with Crippen LogP contribution in [0.1, 0.15) is 39.0 Å². The standard InChI is InChI=1S/C17H20F4N2O2/c1-9(22-15(24)25-16(2,3)4)5-11-6-10-7-13(18)12(17(19,20)21)8-14(10)23-11/h6-9,23H,5H2,1-4H3,(H,22,24)/t9-/m0/s1. The Morgan fingerprint density at radius 2 is 1.88 bits per heavy atom. The molecular weight excluding hydrogens is 340 g/mol. The summed E-state index contributed by atoms with van der Waals surface area (Å²) in [6.07, 6.45) is -5.01. The van der Waals surface area contributed by atoms with E-state index in [1.807, 2.05) is 0 Å². The lowest BCUT2D eigenvalue weighted by atomic mass is 10.1. The van der Waals surface area contributed by atoms with E-state index in [1.165, 1.54) is 0 Å². The van der Waals surface area contributed by atoms with Crippen LogP contribution in [0.25, 0.3) is 10.9 Å². The summed E-state index contributed by atoms with van der Waals surface area (Å²) in [5.41, 5.74) is -1.17. The van der Waals surface area contributed by atoms with Crippen molar-refractivity contribution >= 4 is 17.0 Å². The number of alkyl halides is 3. The number of halogens is 4. The molecule has 2 rings (SSSR count). The van der Waals surface area contributed by atoms with Gasteiger partial charge in [-0.05, 0) is 45.9 Å². The molecule has 1 heterocycles. The summed E-state index contributed by atoms with van der Waals surface area (Å²) in [6.45, 7) is 6.95. The van der Waals surface area contributed by atoms with Gasteiger partial charge in [0.05, 0.1) is 5.56 Å². The molecule has 1 aromatic carbocycles. The first kappa shape index (κ1) is 19.1. The van der Waals surface area contributed by atoms with Crippen molar-refractivity contribution in [3.05, 3.63) is 35.3 Å². The van der Waals surface area contributed by atoms with Crippen molar-refractivity contribution in [1.82, 2.24) is 10.3 Å². The summed E-state index contributed by atoms with van der Waals surface area (Å²) in [7, 11) is 0. The molecule has 0 bridgehead atoms. The number of alkyl carbamates (subject to hydrolysis) is 1. The number of carbonyl (C=O) groups excluding carboxylic acids is 1. The number of aromatic nitrogens is 1. The number of rotatable bonds is 3. The Bertz CT molecular complexity index is 775. The number of hydrogen-bond donors (Lipinski definition) is 2. The third-order valence-electron chi connectivity index (χ3n) is 3.36. The molecule has 0 aliphatic carbocycles. The van der Waals surface area contributed by atoms with Crippen LogP contribution >= 0.6 is 0 Å². The normalized spacial score (nSPS) is 13.8. The third kappa shape index (κ3) is 5.11. The van der Waals surface area contributed by atoms with Crippen LogP contribution < -0.4 is 5.32 Å². The number of benzene rings is 1. The van der Waals surface area contributed by atoms with Crippen LogP contribution in [-0.4, -0.2) is 22.7 Å². The van der Waals surface area contributed by atoms with Crippen LogP contribution in [0.5, 0.6) is 0 Å². The van der Waals surface area contributed by atoms with E-state index >= 15 is 0 Å². The topological polar surface area (TPSA) is 54.1 Å². The van der Waals surface area contributed by atoms with E-state index < -0.39 is 29.3 Å². The van der Waals surface area contributed by atoms with Crippen molar-refractivity contribution in [2.75, 3.05) is 0 Å². The Labute approximate surface area is 142 Å². The fourth-order valence-electron chi connectivity index (χ4n) is 2.43. The van der Waals surface area contributed by atoms with Gasteiger partial charge >= 0.3 is 12.3 Å². The van der Waals surface area contributed by atoms with Crippen LogP contribution in [0.4, 0.5) is 22.4 Å². The summed E-state index contributed by atoms with van der Waals surface area (Å²) in [6, 6.07) is 2.84. The average Bonchev–Trinajstić information content (AvgIpc) is 2.74. The molecular formula is C17H20F4N2O2. The van der Waals surface area contributed by atoms with E-state index in [0.717, 1.165) is 12.1 Å². The number of aromatic amines is 1. The fraction of sp³-hybridized carbons (Fsp3) is 0.471. The number of fused-ring (bicyclic) bond motifs is 1. The van der Waals surface area contributed by atoms with E-state index in [2.05, 4.69) is 10.3 Å². The number of carbonyl (C=O) groups is 1. The van der Waals surface area contributed by atoms with Gasteiger partial charge in [-0.2, -0.15) is 13.2 Å². The van der Waals surface area contributed by atoms with Crippen molar-refractivity contribution in [1.29, 1.82) is 0 Å². The second kappa shape index (κ2) is 6.57. The molecule has 0 fully saturated rings. The zero-order valence-electron chi connectivity index (χ0n) is 14.3. The van der Waals surface area contributed by atoms with E-state index in [1.54, 1.807) is 33.8 Å². The number of H-pyrrole nitrogens is 1. The van der Waals surface area contributed by atoms with Gasteiger partial charge in [-0.25, -0.2) is 9.18 Å². The van der Waals surface area contributed by atoms with Crippen LogP contribution in [-0.2, 0) is 17.3 Å². The molecule has 0 saturated heterocycles. The molecule has 138 valence electrons. The van der Waals surface area contributed by atoms with Gasteiger partial charge in [0.25, 0.3) is 0 Å². The number of amides is 1. The Hall–Kier alpha value is -2.25. The molecule has 0 spiro atoms. The Morgan fingerprint density at radius 1 is 1.24 bits per heavy atom. The van der Waals surface area contributed by atoms with E-state index in [0.29, 0.717) is 17.5 Å². The van der Waals surface area contributed by atoms with Crippen LogP contribution in [0, 0.1) is 5.82 Å². The summed E-state index contributed by atoms with van der Waals surface area (Å²) in [4.78, 5) is 14.5. The highest BCUT2D eigenvalue weighted by Gasteiger charge is 2.34. The van der Waals surface area contributed by atoms with E-state index in [9.17, 15) is 22.4 Å². The first-order valence-electron chi connectivity index (χ1n) is 7.73. The minimum Gasteiger partial charge on any atom is -0.444 e. The minimum absolute atomic E-state index is 0.188. The van der Waals surface area contributed by atoms with Gasteiger partial charge in [0.15, 0.2) is 0 Å². The highest BCUT2D eigenvalue weighted by Crippen LogP contribution is 2.34. The summed E-state index contributed by atoms with van der Waals surface area (Å²) in [5.74, 6) is -1.31. The molecule has 2 N–H and O–H groups in total. The molecule has 1 aromatic heterocycles. The maximum absolute atomic E-state index is 13.6. The molecule has 0 aliphatic heterocycles. The Balaban J connectivity index is 2.13. The van der Waals surface area contributed by atoms with Gasteiger partial charge in [0.1, 0.15) is 11.4 Å². The molecule has 1 atom stereocenters. The molecule has 25 heavy (non-hydrogen) atoms. The van der Waals surface area contributed by atoms with E-state index in [4.69, 9.17) is 4.74 Å². The van der Waals surface area contributed by atoms with Gasteiger partial charge in [0, 0.05) is 29.1 Å². The van der Waals surface area contributed by atoms with Gasteiger partial charge in [-0.15, -0.1) is 0 Å². The van der Waals surface area contributed by atoms with Gasteiger partial charge in [0.2, 0.25) is 0 Å². The van der Waals surface area contributed by atoms with Crippen molar-refractivity contribution in [2.45, 2.75) is 51.9 Å². The largest absolute Gasteiger partial charge is 0.444 e. The molecule has 0 unspecified atom stereocenters. The van der Waals surface area contributed by atoms with Crippen LogP contribution in [0.15, 0.2) is 18.2 Å². The van der Waals surface area contributed by atoms with Crippen molar-refractivity contribution < 1.29 is 27.1 Å². The third-order valence-corrected chi connectivity index (χ3v) is 3.36. The monoisotopic (exact) mass is 360 g/mol. The molecule has 0 aliphatic rings. The first-order chi connectivity index (χ1) is 11.3. The second-order valence-corrected chi connectivity index (χ2v) is 6.96. The Morgan fingerprint density at radius 3 is 2.44 bits per heavy atom. The molecule has 0 saturated carbocycles. The predicted molar refractivity (Wildman–Crippen MR) is 85.8 cm³/mol. The summed E-state index contributed by atoms with van der Waals surface area (Å²) < 4.78 is 57.0. The van der Waals surface area contributed by atoms with Gasteiger partial charge in [-0.3, -0.25) is 0 Å². The minimum atomic E-state index is -4.75. The Kier molecular flexibility index (Phi) is 5.02. The van der Waals surface area contributed by atoms with Gasteiger partial charge in [-0.1, -0.05) is 0 Å². The van der Waals surface area contributed by atoms with Crippen molar-refractivity contribution in [3.8, 4) is 0 Å². The molecule has 0 radical (unpaired) electrons. The van der Waals surface area contributed by atoms with Crippen LogP contribution in [0.2, 0.25) is 0 Å². The van der Waals surface area contributed by atoms with Crippen molar-refractivity contribution in [3.63, 3.8) is 0 Å². The average molecular weight is 360 g/mol. The lowest BCUT2D eigenvalue weighted by Gasteiger charge is -2.21. The van der Waals surface area contributed by atoms with Gasteiger partial charge < -0.3 is 15.0 Å². The predicted octanol–water partition coefficient (Wildman–Crippen LogP) is 4.78. The molecule has 2 aromatic rings. The van der Waals surface area contributed by atoms with E-state index in [-0.39, 0.29) is 11.6 Å². The summed E-state index contributed by atoms with van der Waals surface area (Å²) in [5, 5.41) is 2.98. The zero-order chi connectivity index (χ0) is 19.0. The maximum Gasteiger partial charge on any atom is 0.419 e. The lowest BCUT2D eigenvalue weighted by Crippen LogP contribution is -2.38. The first-order valence-corrected chi connectivity index (χ1v) is 7.73. The number of ether oxygens (including phenoxy) is 1. The quantitative estimate of drug-likeness (QED) is 0.774. The second-order valence-electron chi connectivity index (χ2n) is 6.96. The lowest BCUT2D eigenvalue weighted by molar-refractivity contribution is -0.139. The molecule has 4 nitrogen and oxygen atoms in total. The van der Waals surface area contributed by atoms with Crippen LogP contribution in [0.3, 0.4) is 0 Å². The fourth-order valence-corrected chi connectivity index (χ4v) is 2.43. The zero-order valence-corrected chi connectivity index (χ0v) is 14.3. The maximum atomic E-state index is 13.6.